The zero-order valence-electron chi connectivity index (χ0n) is 82.2. The Kier molecular flexibility index (Phi) is 26.6. The molecule has 5 saturated heterocycles. The number of benzene rings is 5. The van der Waals surface area contributed by atoms with Crippen molar-refractivity contribution in [1.29, 1.82) is 5.26 Å². The van der Waals surface area contributed by atoms with Crippen LogP contribution in [-0.4, -0.2) is 220 Å². The molecule has 148 heavy (non-hydrogen) atoms. The maximum absolute atomic E-state index is 15.2. The SMILES string of the molecule is CN1C(=O)[C@@H]2C[C@H](C3CC3)OC[C@]2(c2cc(C#N)ccc2F)N=C1N.CN1C(=O)[C@@H]2C[C@H](C3CC3)OC[C@]2(c2cc(Oc3ncccn3)ccc2F)N=C1N.C[C@H]1C[C@H]2C(=O)N(C)C(N)=N[C@@]2(c2cc(Oc3ncc(F)cc3F)ccc2F)CO1.Cc1cncc(Oc2ccc(F)c([C@]34CO[C@@H](C5CC5)C[C@H]3C(=O)N(C)C(N)=N4)c2)n1.[C-]#[N+]C12CC(COc3ccc(F)c([C@]45CO[C@@H](C6CC6)C[C@H]4C(=O)N(C)C(N)=N5)c3)(C1)C2. The zero-order valence-corrected chi connectivity index (χ0v) is 82.2. The zero-order chi connectivity index (χ0) is 104. The Labute approximate surface area is 846 Å². The van der Waals surface area contributed by atoms with Crippen LogP contribution in [0.15, 0.2) is 159 Å². The molecule has 7 saturated carbocycles. The number of fused-ring (bicyclic) bond motifs is 5. The number of nitrogens with two attached hydrogens (primary N) is 5. The van der Waals surface area contributed by atoms with Crippen molar-refractivity contribution in [1.82, 2.24) is 49.4 Å². The van der Waals surface area contributed by atoms with Crippen molar-refractivity contribution in [2.45, 2.75) is 180 Å². The summed E-state index contributed by atoms with van der Waals surface area (Å²) in [5, 5.41) is 9.17. The fraction of sp³-hybridized carbons (Fsp3) is 0.476. The second kappa shape index (κ2) is 39.0. The second-order valence-corrected chi connectivity index (χ2v) is 41.6. The lowest BCUT2D eigenvalue weighted by atomic mass is 9.40. The molecule has 12 fully saturated rings. The van der Waals surface area contributed by atoms with Crippen LogP contribution in [0.1, 0.15) is 149 Å². The highest BCUT2D eigenvalue weighted by molar-refractivity contribution is 6.03. The van der Waals surface area contributed by atoms with Gasteiger partial charge in [-0.15, -0.1) is 0 Å². The maximum Gasteiger partial charge on any atom is 0.321 e. The quantitative estimate of drug-likeness (QED) is 0.0393. The van der Waals surface area contributed by atoms with Crippen molar-refractivity contribution in [2.75, 3.05) is 74.9 Å². The van der Waals surface area contributed by atoms with Crippen LogP contribution >= 0.6 is 0 Å². The van der Waals surface area contributed by atoms with Crippen LogP contribution in [0.2, 0.25) is 0 Å². The summed E-state index contributed by atoms with van der Waals surface area (Å²) in [6.45, 7) is 11.7. The summed E-state index contributed by atoms with van der Waals surface area (Å²) in [4.78, 5) is 119. The van der Waals surface area contributed by atoms with Gasteiger partial charge in [-0.05, 0) is 218 Å². The van der Waals surface area contributed by atoms with E-state index < -0.39 is 104 Å². The molecule has 36 nitrogen and oxygen atoms in total. The monoisotopic (exact) mass is 2040 g/mol. The molecule has 13 heterocycles. The van der Waals surface area contributed by atoms with Crippen molar-refractivity contribution >= 4 is 59.3 Å². The van der Waals surface area contributed by atoms with Gasteiger partial charge in [0.1, 0.15) is 85.6 Å². The molecule has 10 aliphatic heterocycles. The molecule has 5 amide bonds. The van der Waals surface area contributed by atoms with Crippen molar-refractivity contribution in [3.05, 3.63) is 225 Å². The number of amides is 5. The first-order valence-electron chi connectivity index (χ1n) is 49.4. The number of halogens is 7. The van der Waals surface area contributed by atoms with E-state index in [2.05, 4.69) is 54.7 Å². The number of rotatable bonds is 18. The predicted octanol–water partition coefficient (Wildman–Crippen LogP) is 11.8. The van der Waals surface area contributed by atoms with Crippen LogP contribution in [0.3, 0.4) is 0 Å². The van der Waals surface area contributed by atoms with Crippen LogP contribution in [0.4, 0.5) is 30.7 Å². The molecule has 10 N–H and O–H groups in total. The molecule has 3 aromatic heterocycles. The van der Waals surface area contributed by atoms with Gasteiger partial charge in [-0.1, -0.05) is 0 Å². The topological polar surface area (TPSA) is 469 Å². The number of aromatic nitrogens is 5. The maximum atomic E-state index is 15.2. The molecule has 0 radical (unpaired) electrons. The average Bonchev–Trinajstić information content (AvgIpc) is 0.938. The number of carbonyl (C=O) groups excluding carboxylic acids is 5. The van der Waals surface area contributed by atoms with E-state index in [4.69, 9.17) is 77.9 Å². The summed E-state index contributed by atoms with van der Waals surface area (Å²) in [7, 11) is 7.88. The Bertz CT molecular complexity index is 6870. The Balaban J connectivity index is 0.000000112. The molecule has 774 valence electrons. The number of aryl methyl sites for hydroxylation is 1. The van der Waals surface area contributed by atoms with Crippen molar-refractivity contribution < 1.29 is 97.3 Å². The van der Waals surface area contributed by atoms with E-state index in [-0.39, 0.29) is 168 Å². The third kappa shape index (κ3) is 18.8. The number of hydrogen-bond acceptors (Lipinski definition) is 30. The Morgan fingerprint density at radius 1 is 0.432 bits per heavy atom. The van der Waals surface area contributed by atoms with Gasteiger partial charge in [0.15, 0.2) is 35.6 Å². The van der Waals surface area contributed by atoms with Gasteiger partial charge in [0.05, 0.1) is 129 Å². The fourth-order valence-electron chi connectivity index (χ4n) is 22.9. The normalized spacial score (nSPS) is 31.0. The number of nitrogens with zero attached hydrogens (tertiary/aromatic N) is 17. The van der Waals surface area contributed by atoms with Gasteiger partial charge in [-0.2, -0.15) is 5.26 Å². The summed E-state index contributed by atoms with van der Waals surface area (Å²) in [6, 6.07) is 25.6. The number of aliphatic imine (C=N–C) groups is 5. The van der Waals surface area contributed by atoms with E-state index in [1.807, 2.05) is 13.0 Å². The number of guanidine groups is 5. The highest BCUT2D eigenvalue weighted by Crippen LogP contribution is 2.70. The number of ether oxygens (including phenoxy) is 9. The average molecular weight is 2040 g/mol. The van der Waals surface area contributed by atoms with E-state index in [1.54, 1.807) is 78.0 Å². The summed E-state index contributed by atoms with van der Waals surface area (Å²) in [6.07, 6.45) is 20.4. The lowest BCUT2D eigenvalue weighted by Gasteiger charge is -2.61. The minimum Gasteiger partial charge on any atom is -0.493 e. The lowest BCUT2D eigenvalue weighted by molar-refractivity contribution is -0.147. The van der Waals surface area contributed by atoms with Gasteiger partial charge < -0.3 is 76.1 Å². The van der Waals surface area contributed by atoms with Crippen molar-refractivity contribution in [3.8, 4) is 46.8 Å². The molecular weight excluding hydrogens is 1930 g/mol. The number of pyridine rings is 1. The number of hydrogen-bond donors (Lipinski definition) is 5. The van der Waals surface area contributed by atoms with Crippen LogP contribution in [-0.2, 0) is 75.4 Å². The van der Waals surface area contributed by atoms with Crippen LogP contribution in [0.25, 0.3) is 4.85 Å². The van der Waals surface area contributed by atoms with E-state index in [0.717, 1.165) is 82.9 Å². The summed E-state index contributed by atoms with van der Waals surface area (Å²) in [5.41, 5.74) is 25.7. The van der Waals surface area contributed by atoms with Gasteiger partial charge in [0.25, 0.3) is 5.88 Å². The van der Waals surface area contributed by atoms with Crippen molar-refractivity contribution in [2.24, 2.45) is 112 Å². The predicted molar refractivity (Wildman–Crippen MR) is 517 cm³/mol. The smallest absolute Gasteiger partial charge is 0.321 e. The van der Waals surface area contributed by atoms with E-state index >= 15 is 13.2 Å². The molecule has 17 aliphatic rings. The first kappa shape index (κ1) is 101. The molecule has 25 rings (SSSR count). The van der Waals surface area contributed by atoms with Gasteiger partial charge >= 0.3 is 6.01 Å². The summed E-state index contributed by atoms with van der Waals surface area (Å²) in [5.74, 6) is -5.21. The minimum atomic E-state index is -1.39. The van der Waals surface area contributed by atoms with E-state index in [0.29, 0.717) is 108 Å². The summed E-state index contributed by atoms with van der Waals surface area (Å²) >= 11 is 0. The highest BCUT2D eigenvalue weighted by Gasteiger charge is 2.75. The third-order valence-electron chi connectivity index (χ3n) is 31.8. The van der Waals surface area contributed by atoms with Gasteiger partial charge in [0.2, 0.25) is 41.0 Å². The molecule has 8 aromatic rings. The Morgan fingerprint density at radius 2 is 0.777 bits per heavy atom. The second-order valence-electron chi connectivity index (χ2n) is 41.6. The Hall–Kier alpha value is -14.4. The molecule has 43 heteroatoms. The lowest BCUT2D eigenvalue weighted by Crippen LogP contribution is -2.67. The molecule has 2 bridgehead atoms. The van der Waals surface area contributed by atoms with Crippen LogP contribution in [0.5, 0.6) is 40.8 Å². The third-order valence-corrected chi connectivity index (χ3v) is 31.8. The minimum absolute atomic E-state index is 0.00143. The van der Waals surface area contributed by atoms with E-state index in [9.17, 15) is 46.8 Å². The molecule has 0 spiro atoms. The number of nitriles is 1. The first-order valence-corrected chi connectivity index (χ1v) is 49.4. The molecule has 15 atom stereocenters. The van der Waals surface area contributed by atoms with E-state index in [1.165, 1.54) is 104 Å². The van der Waals surface area contributed by atoms with Gasteiger partial charge in [-0.3, -0.25) is 53.5 Å². The van der Waals surface area contributed by atoms with Crippen LogP contribution < -0.4 is 47.6 Å². The van der Waals surface area contributed by atoms with Crippen molar-refractivity contribution in [3.63, 3.8) is 0 Å². The molecule has 0 unspecified atom stereocenters. The first-order chi connectivity index (χ1) is 70.8. The number of carbonyl (C=O) groups is 5. The van der Waals surface area contributed by atoms with Crippen LogP contribution in [0, 0.1) is 124 Å². The highest BCUT2D eigenvalue weighted by atomic mass is 19.2. The van der Waals surface area contributed by atoms with Gasteiger partial charge in [0, 0.05) is 112 Å². The Morgan fingerprint density at radius 3 is 1.14 bits per heavy atom. The molecule has 5 aromatic carbocycles. The molecular formula is C105H111F7N22O14. The fourth-order valence-corrected chi connectivity index (χ4v) is 22.9. The van der Waals surface area contributed by atoms with Gasteiger partial charge in [-0.25, -0.2) is 82.2 Å². The standard InChI is InChI=1S/C24H27FN4O3.C22H24FN5O3.C21H22FN5O3.C20H19F3N4O3.C18H19FN4O2/c1-27-23-9-22(10-23,11-23)12-31-15-5-6-18(25)16(7-15)24-13-32-19(14-3-4-14)8-17(24)20(30)29(2)21(26)28-24;1-12-9-25-10-19(26-12)31-14-5-6-17(23)15(7-14)22-11-30-18(13-3-4-13)8-16(22)20(29)28(2)21(24)27-22;1-27-18(28)15-10-17(12-3-4-12)29-11-21(15,26-19(27)23)14-9-13(5-6-16(14)22)30-20-24-7-2-8-25-20;1-10-5-14-18(28)27(2)19(24)26-20(14,9-29-10)13-7-12(3-4-15(13)22)30-17-16(23)6-11(21)8-25-17;1-23-16(24)13-7-15(11-3-4-11)25-9-18(13,22-17(23)21)12-6-10(8-20)2-5-14(12)19/h5-7,14,17,19H,3-4,8-13H2,2H3,(H2,26,28);5-7,9-10,13,16,18H,3-4,8,11H2,1-2H3,(H2,24,27);2,5-9,12,15,17H,3-4,10-11H2,1H3,(H2,23,26);3-4,6-8,10,14H,5,9H2,1-2H3,(H2,24,26);2,5-6,11,13,15H,3-4,7,9H2,1H3,(H2,21,22)/t17-,19+,22?,23?,24+;16-,18+,22+;15-,17+,21+;10-,14-,20+;13-,15+,18+/m00000/s1. The summed E-state index contributed by atoms with van der Waals surface area (Å²) < 4.78 is 155. The molecule has 7 aliphatic carbocycles. The largest absolute Gasteiger partial charge is 0.493 e.